The van der Waals surface area contributed by atoms with Crippen molar-refractivity contribution >= 4 is 45.7 Å². The lowest BCUT2D eigenvalue weighted by molar-refractivity contribution is -0.394. The summed E-state index contributed by atoms with van der Waals surface area (Å²) < 4.78 is 5.70. The fourth-order valence-electron chi connectivity index (χ4n) is 2.93. The SMILES string of the molecule is O=C(Nc1ccc(Cl)c(-c2nc3ccccc3o2)c1)c1ccc([N+](=O)[O-])cc1[N+](=O)[O-]. The van der Waals surface area contributed by atoms with E-state index in [0.717, 1.165) is 18.2 Å². The Kier molecular flexibility index (Phi) is 5.05. The molecular weight excluding hydrogens is 428 g/mol. The first kappa shape index (κ1) is 20.0. The highest BCUT2D eigenvalue weighted by Gasteiger charge is 2.24. The third-order valence-corrected chi connectivity index (χ3v) is 4.71. The first-order valence-corrected chi connectivity index (χ1v) is 9.11. The molecule has 0 atom stereocenters. The van der Waals surface area contributed by atoms with Crippen LogP contribution < -0.4 is 5.32 Å². The van der Waals surface area contributed by atoms with Crippen LogP contribution in [0.25, 0.3) is 22.6 Å². The van der Waals surface area contributed by atoms with Crippen molar-refractivity contribution in [2.45, 2.75) is 0 Å². The van der Waals surface area contributed by atoms with Gasteiger partial charge in [-0.15, -0.1) is 0 Å². The summed E-state index contributed by atoms with van der Waals surface area (Å²) in [6.07, 6.45) is 0. The van der Waals surface area contributed by atoms with Crippen LogP contribution in [0.3, 0.4) is 0 Å². The molecule has 0 spiro atoms. The minimum Gasteiger partial charge on any atom is -0.436 e. The second-order valence-electron chi connectivity index (χ2n) is 6.35. The van der Waals surface area contributed by atoms with Gasteiger partial charge in [0.25, 0.3) is 17.3 Å². The monoisotopic (exact) mass is 438 g/mol. The highest BCUT2D eigenvalue weighted by molar-refractivity contribution is 6.33. The molecule has 10 nitrogen and oxygen atoms in total. The Morgan fingerprint density at radius 2 is 1.77 bits per heavy atom. The van der Waals surface area contributed by atoms with E-state index in [4.69, 9.17) is 16.0 Å². The Morgan fingerprint density at radius 3 is 2.48 bits per heavy atom. The first-order valence-electron chi connectivity index (χ1n) is 8.73. The molecular formula is C20H11ClN4O6. The van der Waals surface area contributed by atoms with E-state index in [1.807, 2.05) is 6.07 Å². The molecule has 0 unspecified atom stereocenters. The molecule has 0 aliphatic carbocycles. The number of nitrogens with zero attached hydrogens (tertiary/aromatic N) is 3. The topological polar surface area (TPSA) is 141 Å². The van der Waals surface area contributed by atoms with Crippen LogP contribution in [-0.2, 0) is 0 Å². The largest absolute Gasteiger partial charge is 0.436 e. The number of nitrogens with one attached hydrogen (secondary N) is 1. The van der Waals surface area contributed by atoms with Crippen LogP contribution in [0.5, 0.6) is 0 Å². The van der Waals surface area contributed by atoms with E-state index >= 15 is 0 Å². The average molecular weight is 439 g/mol. The van der Waals surface area contributed by atoms with Crippen molar-refractivity contribution in [1.29, 1.82) is 0 Å². The number of oxazole rings is 1. The zero-order chi connectivity index (χ0) is 22.1. The number of non-ortho nitro benzene ring substituents is 1. The van der Waals surface area contributed by atoms with Gasteiger partial charge in [-0.05, 0) is 36.4 Å². The van der Waals surface area contributed by atoms with Crippen molar-refractivity contribution in [3.63, 3.8) is 0 Å². The molecule has 0 radical (unpaired) electrons. The van der Waals surface area contributed by atoms with Gasteiger partial charge >= 0.3 is 0 Å². The quantitative estimate of drug-likeness (QED) is 0.332. The van der Waals surface area contributed by atoms with Gasteiger partial charge in [0.05, 0.1) is 26.5 Å². The average Bonchev–Trinajstić information content (AvgIpc) is 3.18. The molecule has 0 saturated carbocycles. The van der Waals surface area contributed by atoms with Gasteiger partial charge in [-0.2, -0.15) is 0 Å². The zero-order valence-corrected chi connectivity index (χ0v) is 16.2. The second-order valence-corrected chi connectivity index (χ2v) is 6.76. The maximum absolute atomic E-state index is 12.6. The number of benzene rings is 3. The smallest absolute Gasteiger partial charge is 0.289 e. The molecule has 31 heavy (non-hydrogen) atoms. The van der Waals surface area contributed by atoms with Crippen LogP contribution in [0.1, 0.15) is 10.4 Å². The maximum atomic E-state index is 12.6. The van der Waals surface area contributed by atoms with Crippen LogP contribution in [0.4, 0.5) is 17.1 Å². The molecule has 0 aliphatic heterocycles. The van der Waals surface area contributed by atoms with Crippen molar-refractivity contribution in [3.05, 3.63) is 91.5 Å². The van der Waals surface area contributed by atoms with Gasteiger partial charge in [-0.1, -0.05) is 23.7 Å². The lowest BCUT2D eigenvalue weighted by Crippen LogP contribution is -2.14. The number of aromatic nitrogens is 1. The number of carbonyl (C=O) groups excluding carboxylic acids is 1. The Labute approximate surface area is 178 Å². The van der Waals surface area contributed by atoms with Gasteiger partial charge in [-0.3, -0.25) is 25.0 Å². The van der Waals surface area contributed by atoms with Crippen molar-refractivity contribution in [2.75, 3.05) is 5.32 Å². The molecule has 154 valence electrons. The zero-order valence-electron chi connectivity index (χ0n) is 15.4. The predicted octanol–water partition coefficient (Wildman–Crippen LogP) is 5.22. The molecule has 3 aromatic carbocycles. The van der Waals surface area contributed by atoms with Crippen molar-refractivity contribution in [3.8, 4) is 11.5 Å². The molecule has 1 amide bonds. The van der Waals surface area contributed by atoms with Gasteiger partial charge < -0.3 is 9.73 Å². The Balaban J connectivity index is 1.67. The highest BCUT2D eigenvalue weighted by Crippen LogP contribution is 2.33. The van der Waals surface area contributed by atoms with Gasteiger partial charge in [0.2, 0.25) is 5.89 Å². The standard InChI is InChI=1S/C20H11ClN4O6/c21-15-8-5-11(9-14(15)20-23-16-3-1-2-4-18(16)31-20)22-19(26)13-7-6-12(24(27)28)10-17(13)25(29)30/h1-10H,(H,22,26). The number of halogens is 1. The van der Waals surface area contributed by atoms with E-state index in [9.17, 15) is 25.0 Å². The molecule has 0 fully saturated rings. The van der Waals surface area contributed by atoms with Gasteiger partial charge in [0, 0.05) is 11.8 Å². The summed E-state index contributed by atoms with van der Waals surface area (Å²) in [6, 6.07) is 14.5. The molecule has 0 saturated heterocycles. The van der Waals surface area contributed by atoms with Gasteiger partial charge in [0.1, 0.15) is 11.1 Å². The number of amides is 1. The molecule has 11 heteroatoms. The minimum absolute atomic E-state index is 0.239. The second kappa shape index (κ2) is 7.84. The number of fused-ring (bicyclic) bond motifs is 1. The number of anilines is 1. The molecule has 4 rings (SSSR count). The van der Waals surface area contributed by atoms with E-state index in [1.165, 1.54) is 18.2 Å². The number of para-hydroxylation sites is 2. The molecule has 1 aromatic heterocycles. The van der Waals surface area contributed by atoms with Crippen molar-refractivity contribution in [1.82, 2.24) is 4.98 Å². The molecule has 0 bridgehead atoms. The van der Waals surface area contributed by atoms with Crippen LogP contribution in [0.15, 0.2) is 65.1 Å². The Bertz CT molecular complexity index is 1330. The van der Waals surface area contributed by atoms with E-state index < -0.39 is 27.1 Å². The van der Waals surface area contributed by atoms with E-state index in [0.29, 0.717) is 21.7 Å². The molecule has 1 heterocycles. The fraction of sp³-hybridized carbons (Fsp3) is 0. The molecule has 1 N–H and O–H groups in total. The van der Waals surface area contributed by atoms with Crippen LogP contribution >= 0.6 is 11.6 Å². The number of carbonyl (C=O) groups is 1. The Hall–Kier alpha value is -4.31. The van der Waals surface area contributed by atoms with E-state index in [-0.39, 0.29) is 17.1 Å². The number of rotatable bonds is 5. The van der Waals surface area contributed by atoms with Crippen molar-refractivity contribution in [2.24, 2.45) is 0 Å². The first-order chi connectivity index (χ1) is 14.8. The van der Waals surface area contributed by atoms with Gasteiger partial charge in [-0.25, -0.2) is 4.98 Å². The number of nitro groups is 2. The van der Waals surface area contributed by atoms with Crippen LogP contribution in [-0.4, -0.2) is 20.7 Å². The van der Waals surface area contributed by atoms with E-state index in [2.05, 4.69) is 10.3 Å². The van der Waals surface area contributed by atoms with Crippen LogP contribution in [0.2, 0.25) is 5.02 Å². The van der Waals surface area contributed by atoms with Gasteiger partial charge in [0.15, 0.2) is 5.58 Å². The lowest BCUT2D eigenvalue weighted by atomic mass is 10.1. The predicted molar refractivity (Wildman–Crippen MR) is 112 cm³/mol. The number of nitro benzene ring substituents is 2. The maximum Gasteiger partial charge on any atom is 0.289 e. The summed E-state index contributed by atoms with van der Waals surface area (Å²) in [5.41, 5.74) is 0.379. The van der Waals surface area contributed by atoms with E-state index in [1.54, 1.807) is 18.2 Å². The summed E-state index contributed by atoms with van der Waals surface area (Å²) in [5, 5.41) is 25.0. The summed E-state index contributed by atoms with van der Waals surface area (Å²) in [4.78, 5) is 37.5. The van der Waals surface area contributed by atoms with Crippen LogP contribution in [0, 0.1) is 20.2 Å². The summed E-state index contributed by atoms with van der Waals surface area (Å²) in [7, 11) is 0. The molecule has 4 aromatic rings. The summed E-state index contributed by atoms with van der Waals surface area (Å²) >= 11 is 6.26. The third-order valence-electron chi connectivity index (χ3n) is 4.38. The lowest BCUT2D eigenvalue weighted by Gasteiger charge is -2.08. The Morgan fingerprint density at radius 1 is 1.00 bits per heavy atom. The normalized spacial score (nSPS) is 10.7. The number of hydrogen-bond acceptors (Lipinski definition) is 7. The number of hydrogen-bond donors (Lipinski definition) is 1. The third kappa shape index (κ3) is 3.91. The minimum atomic E-state index is -0.854. The fourth-order valence-corrected chi connectivity index (χ4v) is 3.13. The highest BCUT2D eigenvalue weighted by atomic mass is 35.5. The summed E-state index contributed by atoms with van der Waals surface area (Å²) in [5.74, 6) is -0.573. The summed E-state index contributed by atoms with van der Waals surface area (Å²) in [6.45, 7) is 0. The van der Waals surface area contributed by atoms with Crippen molar-refractivity contribution < 1.29 is 19.1 Å². The molecule has 0 aliphatic rings.